The summed E-state index contributed by atoms with van der Waals surface area (Å²) >= 11 is 0. The number of ketones is 2. The number of aliphatic imine (C=N–C) groups is 1. The van der Waals surface area contributed by atoms with Crippen LogP contribution in [0.5, 0.6) is 0 Å². The van der Waals surface area contributed by atoms with Gasteiger partial charge in [0.25, 0.3) is 5.91 Å². The molecule has 3 aliphatic heterocycles. The summed E-state index contributed by atoms with van der Waals surface area (Å²) in [6.07, 6.45) is 1.70. The Morgan fingerprint density at radius 2 is 1.59 bits per heavy atom. The van der Waals surface area contributed by atoms with Crippen molar-refractivity contribution in [2.24, 2.45) is 4.99 Å². The molecule has 3 heterocycles. The predicted octanol–water partition coefficient (Wildman–Crippen LogP) is 4.80. The average Bonchev–Trinajstić information content (AvgIpc) is 3.30. The zero-order valence-electron chi connectivity index (χ0n) is 24.9. The summed E-state index contributed by atoms with van der Waals surface area (Å²) in [5.41, 5.74) is -1.17. The van der Waals surface area contributed by atoms with Crippen LogP contribution in [-0.4, -0.2) is 77.9 Å². The Kier molecular flexibility index (Phi) is 9.09. The molecule has 2 aromatic rings. The van der Waals surface area contributed by atoms with Crippen LogP contribution in [-0.2, 0) is 19.0 Å². The van der Waals surface area contributed by atoms with Gasteiger partial charge in [0, 0.05) is 17.7 Å². The number of carbonyl (C=O) groups excluding carboxylic acids is 5. The number of Topliss-reactive ketones (excluding diaryl/α,β-unsaturated/α-hetero) is 2. The van der Waals surface area contributed by atoms with Crippen molar-refractivity contribution < 1.29 is 38.2 Å². The molecule has 2 aromatic carbocycles. The molecule has 0 saturated carbocycles. The minimum Gasteiger partial charge on any atom is -0.433 e. The lowest BCUT2D eigenvalue weighted by Crippen LogP contribution is -2.63. The van der Waals surface area contributed by atoms with Crippen LogP contribution in [0.4, 0.5) is 21.0 Å². The summed E-state index contributed by atoms with van der Waals surface area (Å²) < 4.78 is 15.9. The number of nitrogens with zero attached hydrogens (tertiary/aromatic N) is 2. The third-order valence-electron chi connectivity index (χ3n) is 8.24. The monoisotopic (exact) mass is 604 g/mol. The molecule has 0 aromatic heterocycles. The lowest BCUT2D eigenvalue weighted by atomic mass is 9.80. The fraction of sp³-hybridized carbons (Fsp3) is 0.438. The number of ether oxygens (including phenoxy) is 3. The maximum atomic E-state index is 13.7. The van der Waals surface area contributed by atoms with Crippen molar-refractivity contribution >= 4 is 47.0 Å². The van der Waals surface area contributed by atoms with E-state index in [2.05, 4.69) is 15.6 Å². The van der Waals surface area contributed by atoms with Gasteiger partial charge in [0.05, 0.1) is 17.9 Å². The third-order valence-corrected chi connectivity index (χ3v) is 8.24. The Morgan fingerprint density at radius 3 is 2.36 bits per heavy atom. The smallest absolute Gasteiger partial charge is 0.433 e. The number of carbonyl (C=O) groups is 5. The first kappa shape index (κ1) is 30.9. The van der Waals surface area contributed by atoms with Crippen molar-refractivity contribution in [3.63, 3.8) is 0 Å². The van der Waals surface area contributed by atoms with E-state index in [-0.39, 0.29) is 50.2 Å². The van der Waals surface area contributed by atoms with Gasteiger partial charge in [0.1, 0.15) is 13.2 Å². The van der Waals surface area contributed by atoms with E-state index in [0.29, 0.717) is 41.8 Å². The molecule has 0 spiro atoms. The predicted molar refractivity (Wildman–Crippen MR) is 160 cm³/mol. The Hall–Kier alpha value is -4.58. The summed E-state index contributed by atoms with van der Waals surface area (Å²) in [6.45, 7) is 3.42. The minimum absolute atomic E-state index is 0.0203. The van der Waals surface area contributed by atoms with E-state index in [4.69, 9.17) is 14.2 Å². The second-order valence-electron chi connectivity index (χ2n) is 11.0. The molecule has 2 amide bonds. The minimum atomic E-state index is -1.48. The standard InChI is InChI=1S/C32H36N4O8/c1-3-5-15-31(25(37)21-11-7-9-13-23(21)34-27(31)39)33-17-19-42-30(41)43-20-18-36-29(40)44-28-32(36,16-6-4-2)26(38)22-12-8-10-14-24(22)35-28/h7-14,33H,3-6,15-20H2,1-2H3,(H,34,39). The van der Waals surface area contributed by atoms with Crippen LogP contribution in [0.3, 0.4) is 0 Å². The van der Waals surface area contributed by atoms with Crippen molar-refractivity contribution in [1.29, 1.82) is 0 Å². The molecular formula is C32H36N4O8. The highest BCUT2D eigenvalue weighted by molar-refractivity contribution is 6.28. The highest BCUT2D eigenvalue weighted by atomic mass is 16.7. The number of benzene rings is 2. The topological polar surface area (TPSA) is 153 Å². The van der Waals surface area contributed by atoms with Crippen molar-refractivity contribution in [3.05, 3.63) is 59.7 Å². The van der Waals surface area contributed by atoms with Crippen molar-refractivity contribution in [3.8, 4) is 0 Å². The summed E-state index contributed by atoms with van der Waals surface area (Å²) in [7, 11) is 0. The Balaban J connectivity index is 1.18. The van der Waals surface area contributed by atoms with Gasteiger partial charge in [-0.05, 0) is 37.1 Å². The number of anilines is 1. The van der Waals surface area contributed by atoms with E-state index in [1.54, 1.807) is 48.5 Å². The van der Waals surface area contributed by atoms with Crippen LogP contribution in [0, 0.1) is 0 Å². The molecule has 1 saturated heterocycles. The molecule has 0 bridgehead atoms. The second-order valence-corrected chi connectivity index (χ2v) is 11.0. The van der Waals surface area contributed by atoms with Crippen LogP contribution < -0.4 is 10.6 Å². The maximum Gasteiger partial charge on any atom is 0.508 e. The first-order valence-corrected chi connectivity index (χ1v) is 15.0. The van der Waals surface area contributed by atoms with E-state index < -0.39 is 29.2 Å². The zero-order valence-corrected chi connectivity index (χ0v) is 24.9. The first-order valence-electron chi connectivity index (χ1n) is 15.0. The number of hydrogen-bond donors (Lipinski definition) is 2. The number of fused-ring (bicyclic) bond motifs is 3. The van der Waals surface area contributed by atoms with Crippen LogP contribution in [0.25, 0.3) is 0 Å². The molecule has 2 N–H and O–H groups in total. The lowest BCUT2D eigenvalue weighted by Gasteiger charge is -2.36. The number of amides is 2. The fourth-order valence-electron chi connectivity index (χ4n) is 5.92. The molecule has 12 heteroatoms. The number of rotatable bonds is 13. The van der Waals surface area contributed by atoms with Gasteiger partial charge < -0.3 is 19.5 Å². The quantitative estimate of drug-likeness (QED) is 0.186. The fourth-order valence-corrected chi connectivity index (χ4v) is 5.92. The van der Waals surface area contributed by atoms with Gasteiger partial charge in [0.2, 0.25) is 5.90 Å². The molecule has 0 aliphatic carbocycles. The highest BCUT2D eigenvalue weighted by Gasteiger charge is 2.60. The summed E-state index contributed by atoms with van der Waals surface area (Å²) in [6, 6.07) is 13.7. The molecule has 5 rings (SSSR count). The average molecular weight is 605 g/mol. The molecule has 2 unspecified atom stereocenters. The number of hydrogen-bond acceptors (Lipinski definition) is 10. The lowest BCUT2D eigenvalue weighted by molar-refractivity contribution is -0.121. The largest absolute Gasteiger partial charge is 0.508 e. The normalized spacial score (nSPS) is 22.0. The zero-order chi connectivity index (χ0) is 31.3. The first-order chi connectivity index (χ1) is 21.3. The third kappa shape index (κ3) is 5.45. The number of nitrogens with one attached hydrogen (secondary N) is 2. The van der Waals surface area contributed by atoms with E-state index in [1.807, 2.05) is 13.8 Å². The molecular weight excluding hydrogens is 568 g/mol. The van der Waals surface area contributed by atoms with Gasteiger partial charge in [-0.25, -0.2) is 14.6 Å². The number of unbranched alkanes of at least 4 members (excludes halogenated alkanes) is 2. The molecule has 232 valence electrons. The summed E-state index contributed by atoms with van der Waals surface area (Å²) in [4.78, 5) is 71.3. The van der Waals surface area contributed by atoms with Gasteiger partial charge in [-0.15, -0.1) is 0 Å². The Labute approximate surface area is 255 Å². The molecule has 1 fully saturated rings. The van der Waals surface area contributed by atoms with Crippen LogP contribution in [0.2, 0.25) is 0 Å². The van der Waals surface area contributed by atoms with Crippen LogP contribution in [0.15, 0.2) is 53.5 Å². The highest BCUT2D eigenvalue weighted by Crippen LogP contribution is 2.41. The van der Waals surface area contributed by atoms with Crippen LogP contribution >= 0.6 is 0 Å². The molecule has 0 radical (unpaired) electrons. The maximum absolute atomic E-state index is 13.7. The van der Waals surface area contributed by atoms with E-state index in [0.717, 1.165) is 12.8 Å². The van der Waals surface area contributed by atoms with Gasteiger partial charge >= 0.3 is 12.2 Å². The van der Waals surface area contributed by atoms with Crippen molar-refractivity contribution in [1.82, 2.24) is 10.2 Å². The van der Waals surface area contributed by atoms with Gasteiger partial charge in [-0.1, -0.05) is 63.8 Å². The summed E-state index contributed by atoms with van der Waals surface area (Å²) in [5, 5.41) is 5.84. The van der Waals surface area contributed by atoms with Crippen LogP contribution in [0.1, 0.15) is 73.1 Å². The van der Waals surface area contributed by atoms with Gasteiger partial charge in [-0.3, -0.25) is 24.6 Å². The second kappa shape index (κ2) is 13.0. The molecule has 12 nitrogen and oxygen atoms in total. The van der Waals surface area contributed by atoms with Crippen molar-refractivity contribution in [2.75, 3.05) is 31.6 Å². The molecule has 3 aliphatic rings. The van der Waals surface area contributed by atoms with E-state index in [1.165, 1.54) is 4.90 Å². The number of para-hydroxylation sites is 2. The Bertz CT molecular complexity index is 1510. The van der Waals surface area contributed by atoms with Gasteiger partial charge in [-0.2, -0.15) is 0 Å². The Morgan fingerprint density at radius 1 is 0.909 bits per heavy atom. The van der Waals surface area contributed by atoms with E-state index in [9.17, 15) is 24.0 Å². The summed E-state index contributed by atoms with van der Waals surface area (Å²) in [5.74, 6) is -1.03. The SMILES string of the molecule is CCCCC1(NCCOC(=O)OCCN2C(=O)OC3=Nc4ccccc4C(=O)C32CCCC)C(=O)Nc2ccccc2C1=O. The molecule has 2 atom stereocenters. The van der Waals surface area contributed by atoms with Gasteiger partial charge in [0.15, 0.2) is 22.6 Å². The van der Waals surface area contributed by atoms with E-state index >= 15 is 0 Å². The molecule has 44 heavy (non-hydrogen) atoms. The van der Waals surface area contributed by atoms with Crippen molar-refractivity contribution in [2.45, 2.75) is 63.5 Å².